The average molecular weight is 263 g/mol. The second kappa shape index (κ2) is 7.27. The van der Waals surface area contributed by atoms with Gasteiger partial charge >= 0.3 is 0 Å². The molecule has 3 heteroatoms. The molecule has 1 aliphatic rings. The Labute approximate surface area is 115 Å². The lowest BCUT2D eigenvalue weighted by atomic mass is 9.94. The molecule has 0 aliphatic heterocycles. The first-order valence-corrected chi connectivity index (χ1v) is 7.13. The third kappa shape index (κ3) is 4.66. The Morgan fingerprint density at radius 1 is 1.21 bits per heavy atom. The third-order valence-corrected chi connectivity index (χ3v) is 3.63. The molecule has 0 aromatic carbocycles. The van der Waals surface area contributed by atoms with E-state index in [4.69, 9.17) is 0 Å². The number of nitrogens with one attached hydrogen (secondary N) is 1. The molecule has 1 N–H and O–H groups in total. The van der Waals surface area contributed by atoms with E-state index in [1.165, 1.54) is 0 Å². The zero-order valence-corrected chi connectivity index (χ0v) is 12.4. The average Bonchev–Trinajstić information content (AvgIpc) is 2.76. The summed E-state index contributed by atoms with van der Waals surface area (Å²) in [5.41, 5.74) is 0.875. The van der Waals surface area contributed by atoms with Crippen LogP contribution in [0.5, 0.6) is 0 Å². The second-order valence-corrected chi connectivity index (χ2v) is 5.82. The standard InChI is InChI=1S/C8H11NO.C8H14O/c1-6(2)7-4-3-5-9-8(7)10;1-6(2)7-4-3-5-8(7)9/h3-6H,1-2H3,(H,9,10);6-7H,3-5H2,1-2H3. The van der Waals surface area contributed by atoms with Crippen LogP contribution in [0.1, 0.15) is 58.4 Å². The number of Topliss-reactive ketones (excluding diaryl/α,β-unsaturated/α-hetero) is 1. The Morgan fingerprint density at radius 3 is 2.21 bits per heavy atom. The SMILES string of the molecule is CC(C)C1CCCC1=O.CC(C)c1ccc[nH]c1=O. The van der Waals surface area contributed by atoms with Crippen molar-refractivity contribution in [1.82, 2.24) is 4.98 Å². The van der Waals surface area contributed by atoms with E-state index in [9.17, 15) is 9.59 Å². The van der Waals surface area contributed by atoms with Crippen molar-refractivity contribution in [2.45, 2.75) is 52.9 Å². The lowest BCUT2D eigenvalue weighted by Crippen LogP contribution is -2.12. The van der Waals surface area contributed by atoms with Crippen LogP contribution in [0.3, 0.4) is 0 Å². The second-order valence-electron chi connectivity index (χ2n) is 5.82. The zero-order valence-electron chi connectivity index (χ0n) is 12.4. The maximum Gasteiger partial charge on any atom is 0.251 e. The summed E-state index contributed by atoms with van der Waals surface area (Å²) < 4.78 is 0. The van der Waals surface area contributed by atoms with Gasteiger partial charge < -0.3 is 4.98 Å². The van der Waals surface area contributed by atoms with Gasteiger partial charge in [0, 0.05) is 24.1 Å². The van der Waals surface area contributed by atoms with Gasteiger partial charge in [0.2, 0.25) is 0 Å². The molecule has 19 heavy (non-hydrogen) atoms. The quantitative estimate of drug-likeness (QED) is 0.887. The predicted octanol–water partition coefficient (Wildman–Crippen LogP) is 3.51. The lowest BCUT2D eigenvalue weighted by Gasteiger charge is -2.10. The van der Waals surface area contributed by atoms with E-state index in [1.807, 2.05) is 26.0 Å². The number of ketones is 1. The molecule has 1 aromatic rings. The predicted molar refractivity (Wildman–Crippen MR) is 78.3 cm³/mol. The maximum atomic E-state index is 11.0. The first kappa shape index (κ1) is 15.7. The number of pyridine rings is 1. The summed E-state index contributed by atoms with van der Waals surface area (Å²) in [6.07, 6.45) is 4.75. The van der Waals surface area contributed by atoms with Gasteiger partial charge in [0.1, 0.15) is 5.78 Å². The molecule has 0 amide bonds. The van der Waals surface area contributed by atoms with Gasteiger partial charge in [0.25, 0.3) is 5.56 Å². The Morgan fingerprint density at radius 2 is 1.89 bits per heavy atom. The summed E-state index contributed by atoms with van der Waals surface area (Å²) in [4.78, 5) is 24.6. The van der Waals surface area contributed by atoms with Crippen LogP contribution < -0.4 is 5.56 Å². The van der Waals surface area contributed by atoms with Crippen molar-refractivity contribution in [2.24, 2.45) is 11.8 Å². The fraction of sp³-hybridized carbons (Fsp3) is 0.625. The lowest BCUT2D eigenvalue weighted by molar-refractivity contribution is -0.121. The number of carbonyl (C=O) groups is 1. The van der Waals surface area contributed by atoms with Crippen LogP contribution >= 0.6 is 0 Å². The van der Waals surface area contributed by atoms with E-state index in [-0.39, 0.29) is 5.56 Å². The summed E-state index contributed by atoms with van der Waals surface area (Å²) in [5, 5.41) is 0. The molecule has 0 spiro atoms. The maximum absolute atomic E-state index is 11.0. The fourth-order valence-electron chi connectivity index (χ4n) is 2.44. The van der Waals surface area contributed by atoms with E-state index in [0.717, 1.165) is 24.8 Å². The summed E-state index contributed by atoms with van der Waals surface area (Å²) in [6, 6.07) is 3.69. The number of aromatic nitrogens is 1. The molecule has 1 unspecified atom stereocenters. The number of hydrogen-bond acceptors (Lipinski definition) is 2. The van der Waals surface area contributed by atoms with Crippen LogP contribution in [-0.4, -0.2) is 10.8 Å². The van der Waals surface area contributed by atoms with Crippen molar-refractivity contribution in [3.63, 3.8) is 0 Å². The van der Waals surface area contributed by atoms with E-state index in [0.29, 0.717) is 23.5 Å². The topological polar surface area (TPSA) is 49.9 Å². The fourth-order valence-corrected chi connectivity index (χ4v) is 2.44. The molecule has 1 aliphatic carbocycles. The van der Waals surface area contributed by atoms with Gasteiger partial charge in [-0.05, 0) is 30.7 Å². The highest BCUT2D eigenvalue weighted by Crippen LogP contribution is 2.27. The molecule has 106 valence electrons. The zero-order chi connectivity index (χ0) is 14.4. The Bertz CT molecular complexity index is 460. The molecule has 1 saturated carbocycles. The number of rotatable bonds is 2. The minimum atomic E-state index is 0.0255. The monoisotopic (exact) mass is 263 g/mol. The van der Waals surface area contributed by atoms with E-state index in [2.05, 4.69) is 18.8 Å². The summed E-state index contributed by atoms with van der Waals surface area (Å²) >= 11 is 0. The Hall–Kier alpha value is -1.38. The summed E-state index contributed by atoms with van der Waals surface area (Å²) in [6.45, 7) is 8.27. The first-order valence-electron chi connectivity index (χ1n) is 7.13. The van der Waals surface area contributed by atoms with Crippen molar-refractivity contribution >= 4 is 5.78 Å². The van der Waals surface area contributed by atoms with Crippen molar-refractivity contribution in [2.75, 3.05) is 0 Å². The van der Waals surface area contributed by atoms with Crippen molar-refractivity contribution in [1.29, 1.82) is 0 Å². The van der Waals surface area contributed by atoms with Crippen molar-refractivity contribution < 1.29 is 4.79 Å². The normalized spacial score (nSPS) is 18.6. The minimum absolute atomic E-state index is 0.0255. The minimum Gasteiger partial charge on any atom is -0.329 e. The van der Waals surface area contributed by atoms with Crippen LogP contribution in [0.25, 0.3) is 0 Å². The first-order chi connectivity index (χ1) is 8.93. The van der Waals surface area contributed by atoms with Crippen LogP contribution in [-0.2, 0) is 4.79 Å². The number of hydrogen-bond donors (Lipinski definition) is 1. The molecule has 0 saturated heterocycles. The van der Waals surface area contributed by atoms with E-state index >= 15 is 0 Å². The van der Waals surface area contributed by atoms with Crippen LogP contribution in [0, 0.1) is 11.8 Å². The number of carbonyl (C=O) groups excluding carboxylic acids is 1. The molecular formula is C16H25NO2. The number of aromatic amines is 1. The van der Waals surface area contributed by atoms with Gasteiger partial charge in [-0.2, -0.15) is 0 Å². The molecule has 1 atom stereocenters. The van der Waals surface area contributed by atoms with Gasteiger partial charge in [0.05, 0.1) is 0 Å². The van der Waals surface area contributed by atoms with Crippen molar-refractivity contribution in [3.8, 4) is 0 Å². The molecule has 1 aromatic heterocycles. The van der Waals surface area contributed by atoms with Gasteiger partial charge in [-0.1, -0.05) is 33.8 Å². The van der Waals surface area contributed by atoms with Gasteiger partial charge in [-0.15, -0.1) is 0 Å². The van der Waals surface area contributed by atoms with Crippen LogP contribution in [0.4, 0.5) is 0 Å². The van der Waals surface area contributed by atoms with Gasteiger partial charge in [-0.25, -0.2) is 0 Å². The third-order valence-electron chi connectivity index (χ3n) is 3.63. The van der Waals surface area contributed by atoms with Gasteiger partial charge in [-0.3, -0.25) is 9.59 Å². The highest BCUT2D eigenvalue weighted by Gasteiger charge is 2.26. The summed E-state index contributed by atoms with van der Waals surface area (Å²) in [5.74, 6) is 1.76. The molecule has 1 fully saturated rings. The number of H-pyrrole nitrogens is 1. The Balaban J connectivity index is 0.000000191. The highest BCUT2D eigenvalue weighted by atomic mass is 16.1. The molecule has 1 heterocycles. The Kier molecular flexibility index (Phi) is 6.00. The van der Waals surface area contributed by atoms with Crippen LogP contribution in [0.2, 0.25) is 0 Å². The van der Waals surface area contributed by atoms with Gasteiger partial charge in [0.15, 0.2) is 0 Å². The molecule has 0 radical (unpaired) electrons. The summed E-state index contributed by atoms with van der Waals surface area (Å²) in [7, 11) is 0. The van der Waals surface area contributed by atoms with E-state index < -0.39 is 0 Å². The largest absolute Gasteiger partial charge is 0.329 e. The smallest absolute Gasteiger partial charge is 0.251 e. The molecule has 0 bridgehead atoms. The van der Waals surface area contributed by atoms with E-state index in [1.54, 1.807) is 6.20 Å². The molecule has 3 nitrogen and oxygen atoms in total. The van der Waals surface area contributed by atoms with Crippen LogP contribution in [0.15, 0.2) is 23.1 Å². The van der Waals surface area contributed by atoms with Crippen molar-refractivity contribution in [3.05, 3.63) is 34.2 Å². The highest BCUT2D eigenvalue weighted by molar-refractivity contribution is 5.83. The molecule has 2 rings (SSSR count). The molecular weight excluding hydrogens is 238 g/mol.